The second kappa shape index (κ2) is 10.1. The SMILES string of the molecule is CC(C)CCC[C@@H](C)[C@H]1CCC2C3CCC4CC(Oc5ccc(N)cc5N)CC[C@]4(C)C3CC[C@@]21C. The van der Waals surface area contributed by atoms with Crippen LogP contribution >= 0.6 is 0 Å². The zero-order valence-electron chi connectivity index (χ0n) is 23.9. The van der Waals surface area contributed by atoms with E-state index in [1.165, 1.54) is 70.6 Å². The van der Waals surface area contributed by atoms with Gasteiger partial charge in [-0.25, -0.2) is 0 Å². The van der Waals surface area contributed by atoms with Gasteiger partial charge in [0.2, 0.25) is 0 Å². The molecule has 9 atom stereocenters. The molecular weight excluding hydrogens is 440 g/mol. The summed E-state index contributed by atoms with van der Waals surface area (Å²) in [5, 5.41) is 0. The van der Waals surface area contributed by atoms with Crippen LogP contribution in [0, 0.1) is 52.3 Å². The number of hydrogen-bond acceptors (Lipinski definition) is 3. The molecule has 202 valence electrons. The molecule has 0 spiro atoms. The number of rotatable bonds is 7. The first-order valence-electron chi connectivity index (χ1n) is 15.4. The highest BCUT2D eigenvalue weighted by molar-refractivity contribution is 5.60. The lowest BCUT2D eigenvalue weighted by Crippen LogP contribution is -2.54. The molecule has 0 saturated heterocycles. The van der Waals surface area contributed by atoms with Gasteiger partial charge >= 0.3 is 0 Å². The van der Waals surface area contributed by atoms with Crippen LogP contribution in [0.25, 0.3) is 0 Å². The second-order valence-corrected chi connectivity index (χ2v) is 14.5. The van der Waals surface area contributed by atoms with Crippen LogP contribution in [0.1, 0.15) is 112 Å². The number of hydrogen-bond donors (Lipinski definition) is 2. The Labute approximate surface area is 221 Å². The maximum atomic E-state index is 6.46. The summed E-state index contributed by atoms with van der Waals surface area (Å²) >= 11 is 0. The van der Waals surface area contributed by atoms with Crippen molar-refractivity contribution in [3.8, 4) is 5.75 Å². The van der Waals surface area contributed by atoms with Crippen molar-refractivity contribution in [2.45, 2.75) is 118 Å². The van der Waals surface area contributed by atoms with Crippen molar-refractivity contribution in [2.75, 3.05) is 11.5 Å². The highest BCUT2D eigenvalue weighted by atomic mass is 16.5. The molecule has 0 aliphatic heterocycles. The maximum Gasteiger partial charge on any atom is 0.142 e. The minimum Gasteiger partial charge on any atom is -0.488 e. The molecule has 0 aromatic heterocycles. The fraction of sp³-hybridized carbons (Fsp3) is 0.818. The Bertz CT molecular complexity index is 913. The summed E-state index contributed by atoms with van der Waals surface area (Å²) in [5.74, 6) is 7.17. The molecule has 36 heavy (non-hydrogen) atoms. The van der Waals surface area contributed by atoms with Crippen molar-refractivity contribution >= 4 is 11.4 Å². The van der Waals surface area contributed by atoms with Crippen molar-refractivity contribution in [1.82, 2.24) is 0 Å². The maximum absolute atomic E-state index is 6.46. The zero-order valence-corrected chi connectivity index (χ0v) is 23.9. The predicted octanol–water partition coefficient (Wildman–Crippen LogP) is 8.72. The monoisotopic (exact) mass is 494 g/mol. The summed E-state index contributed by atoms with van der Waals surface area (Å²) in [4.78, 5) is 0. The molecule has 4 aliphatic carbocycles. The Kier molecular flexibility index (Phi) is 7.33. The first-order valence-corrected chi connectivity index (χ1v) is 15.4. The minimum atomic E-state index is 0.293. The van der Waals surface area contributed by atoms with Gasteiger partial charge < -0.3 is 16.2 Å². The van der Waals surface area contributed by atoms with Gasteiger partial charge in [-0.05, 0) is 128 Å². The van der Waals surface area contributed by atoms with Crippen LogP contribution in [0.2, 0.25) is 0 Å². The van der Waals surface area contributed by atoms with E-state index < -0.39 is 0 Å². The molecule has 0 radical (unpaired) electrons. The lowest BCUT2D eigenvalue weighted by atomic mass is 9.44. The predicted molar refractivity (Wildman–Crippen MR) is 153 cm³/mol. The molecule has 4 fully saturated rings. The third kappa shape index (κ3) is 4.66. The van der Waals surface area contributed by atoms with Gasteiger partial charge in [-0.1, -0.05) is 53.9 Å². The number of ether oxygens (including phenoxy) is 1. The number of fused-ring (bicyclic) bond motifs is 5. The van der Waals surface area contributed by atoms with Crippen molar-refractivity contribution in [3.63, 3.8) is 0 Å². The smallest absolute Gasteiger partial charge is 0.142 e. The number of benzene rings is 1. The normalized spacial score (nSPS) is 40.8. The lowest BCUT2D eigenvalue weighted by molar-refractivity contribution is -0.126. The fourth-order valence-electron chi connectivity index (χ4n) is 10.2. The Balaban J connectivity index is 1.24. The molecule has 5 unspecified atom stereocenters. The first-order chi connectivity index (χ1) is 17.1. The fourth-order valence-corrected chi connectivity index (χ4v) is 10.2. The van der Waals surface area contributed by atoms with Gasteiger partial charge in [0.15, 0.2) is 0 Å². The Morgan fingerprint density at radius 3 is 2.39 bits per heavy atom. The molecule has 4 N–H and O–H groups in total. The molecule has 1 aromatic rings. The van der Waals surface area contributed by atoms with Gasteiger partial charge in [-0.15, -0.1) is 0 Å². The van der Waals surface area contributed by atoms with Crippen LogP contribution in [0.3, 0.4) is 0 Å². The standard InChI is InChI=1S/C33H54N2O/c1-21(2)7-6-8-22(3)27-12-13-28-26-11-9-23-19-25(36-31-14-10-24(34)20-30(31)35)15-17-32(23,4)29(26)16-18-33(27,28)5/h10,14,20-23,25-29H,6-9,11-13,15-19,34-35H2,1-5H3/t22-,23?,25?,26?,27-,28?,29?,32+,33-/m1/s1. The Morgan fingerprint density at radius 1 is 0.889 bits per heavy atom. The Hall–Kier alpha value is -1.38. The Morgan fingerprint density at radius 2 is 1.64 bits per heavy atom. The second-order valence-electron chi connectivity index (χ2n) is 14.5. The summed E-state index contributed by atoms with van der Waals surface area (Å²) in [5.41, 5.74) is 14.6. The summed E-state index contributed by atoms with van der Waals surface area (Å²) in [6.45, 7) is 12.7. The molecule has 0 bridgehead atoms. The van der Waals surface area contributed by atoms with Gasteiger partial charge in [0.05, 0.1) is 11.8 Å². The van der Waals surface area contributed by atoms with Crippen LogP contribution in [0.5, 0.6) is 5.75 Å². The summed E-state index contributed by atoms with van der Waals surface area (Å²) in [7, 11) is 0. The van der Waals surface area contributed by atoms with E-state index in [0.717, 1.165) is 53.6 Å². The molecule has 4 saturated carbocycles. The zero-order chi connectivity index (χ0) is 25.7. The van der Waals surface area contributed by atoms with Crippen LogP contribution in [-0.4, -0.2) is 6.10 Å². The van der Waals surface area contributed by atoms with Gasteiger partial charge in [0, 0.05) is 5.69 Å². The van der Waals surface area contributed by atoms with E-state index >= 15 is 0 Å². The topological polar surface area (TPSA) is 61.3 Å². The highest BCUT2D eigenvalue weighted by Gasteiger charge is 2.60. The van der Waals surface area contributed by atoms with E-state index in [9.17, 15) is 0 Å². The molecule has 0 heterocycles. The van der Waals surface area contributed by atoms with E-state index in [-0.39, 0.29) is 0 Å². The minimum absolute atomic E-state index is 0.293. The van der Waals surface area contributed by atoms with Gasteiger partial charge in [0.1, 0.15) is 5.75 Å². The summed E-state index contributed by atoms with van der Waals surface area (Å²) in [6.07, 6.45) is 17.0. The quantitative estimate of drug-likeness (QED) is 0.372. The van der Waals surface area contributed by atoms with E-state index in [4.69, 9.17) is 16.2 Å². The molecule has 4 aliphatic rings. The average Bonchev–Trinajstić information content (AvgIpc) is 3.18. The van der Waals surface area contributed by atoms with E-state index in [1.54, 1.807) is 0 Å². The number of anilines is 2. The van der Waals surface area contributed by atoms with Crippen LogP contribution < -0.4 is 16.2 Å². The molecule has 3 nitrogen and oxygen atoms in total. The lowest BCUT2D eigenvalue weighted by Gasteiger charge is -2.61. The van der Waals surface area contributed by atoms with Crippen LogP contribution in [0.15, 0.2) is 18.2 Å². The van der Waals surface area contributed by atoms with E-state index in [0.29, 0.717) is 28.3 Å². The van der Waals surface area contributed by atoms with Crippen molar-refractivity contribution in [2.24, 2.45) is 52.3 Å². The van der Waals surface area contributed by atoms with Gasteiger partial charge in [-0.2, -0.15) is 0 Å². The third-order valence-corrected chi connectivity index (χ3v) is 12.1. The van der Waals surface area contributed by atoms with Crippen molar-refractivity contribution in [3.05, 3.63) is 18.2 Å². The van der Waals surface area contributed by atoms with E-state index in [1.807, 2.05) is 18.2 Å². The summed E-state index contributed by atoms with van der Waals surface area (Å²) in [6, 6.07) is 5.69. The summed E-state index contributed by atoms with van der Waals surface area (Å²) < 4.78 is 6.46. The molecule has 0 amide bonds. The van der Waals surface area contributed by atoms with Crippen molar-refractivity contribution < 1.29 is 4.74 Å². The number of nitrogens with two attached hydrogens (primary N) is 2. The molecule has 1 aromatic carbocycles. The van der Waals surface area contributed by atoms with E-state index in [2.05, 4.69) is 34.6 Å². The number of nitrogen functional groups attached to an aromatic ring is 2. The molecular formula is C33H54N2O. The molecule has 5 rings (SSSR count). The first kappa shape index (κ1) is 26.2. The van der Waals surface area contributed by atoms with Crippen LogP contribution in [0.4, 0.5) is 11.4 Å². The van der Waals surface area contributed by atoms with Crippen molar-refractivity contribution in [1.29, 1.82) is 0 Å². The van der Waals surface area contributed by atoms with Gasteiger partial charge in [0.25, 0.3) is 0 Å². The third-order valence-electron chi connectivity index (χ3n) is 12.1. The van der Waals surface area contributed by atoms with Gasteiger partial charge in [-0.3, -0.25) is 0 Å². The van der Waals surface area contributed by atoms with Crippen LogP contribution in [-0.2, 0) is 0 Å². The average molecular weight is 495 g/mol. The largest absolute Gasteiger partial charge is 0.488 e. The highest BCUT2D eigenvalue weighted by Crippen LogP contribution is 2.68. The molecule has 3 heteroatoms.